The van der Waals surface area contributed by atoms with Crippen LogP contribution in [0.5, 0.6) is 0 Å². The average Bonchev–Trinajstić information content (AvgIpc) is 3.44. The van der Waals surface area contributed by atoms with E-state index in [0.717, 1.165) is 16.5 Å². The Morgan fingerprint density at radius 1 is 0.640 bits per heavy atom. The number of carbonyl (C=O) groups excluding carboxylic acids is 5. The first-order valence-electron chi connectivity index (χ1n) is 18.0. The van der Waals surface area contributed by atoms with Crippen molar-refractivity contribution in [2.75, 3.05) is 27.7 Å². The third-order valence-electron chi connectivity index (χ3n) is 9.42. The summed E-state index contributed by atoms with van der Waals surface area (Å²) in [7, 11) is 4.85. The number of H-pyrrole nitrogens is 1. The molecule has 12 nitrogen and oxygen atoms in total. The summed E-state index contributed by atoms with van der Waals surface area (Å²) in [5.41, 5.74) is 2.13. The van der Waals surface area contributed by atoms with Crippen molar-refractivity contribution in [1.29, 1.82) is 0 Å². The number of rotatable bonds is 18. The number of benzene rings is 1. The fraction of sp³-hybridized carbons (Fsp3) is 0.658. The second-order valence-corrected chi connectivity index (χ2v) is 15.1. The predicted molar refractivity (Wildman–Crippen MR) is 199 cm³/mol. The average molecular weight is 698 g/mol. The van der Waals surface area contributed by atoms with Gasteiger partial charge in [0.15, 0.2) is 0 Å². The zero-order valence-corrected chi connectivity index (χ0v) is 32.5. The SMILES string of the molecule is CN[C@H](C(=O)N[C@H](C(=O)N(C)[C@H](C(=O)N[C@H](C(=O)N(C)[C@H](C(=O)NCCc1c[nH]c2ccccc12)C(C)C)C(C)C)C(C)C)C(C)C)C(C)C. The number of para-hydroxylation sites is 1. The maximum atomic E-state index is 14.0. The molecule has 1 aromatic heterocycles. The monoisotopic (exact) mass is 697 g/mol. The van der Waals surface area contributed by atoms with Crippen molar-refractivity contribution in [3.05, 3.63) is 36.0 Å². The predicted octanol–water partition coefficient (Wildman–Crippen LogP) is 3.32. The first-order chi connectivity index (χ1) is 23.3. The van der Waals surface area contributed by atoms with E-state index in [9.17, 15) is 24.0 Å². The van der Waals surface area contributed by atoms with Crippen LogP contribution in [0, 0.1) is 29.6 Å². The van der Waals surface area contributed by atoms with Gasteiger partial charge >= 0.3 is 0 Å². The second-order valence-electron chi connectivity index (χ2n) is 15.1. The highest BCUT2D eigenvalue weighted by molar-refractivity contribution is 5.96. The lowest BCUT2D eigenvalue weighted by Gasteiger charge is -2.37. The number of aromatic nitrogens is 1. The summed E-state index contributed by atoms with van der Waals surface area (Å²) in [6.07, 6.45) is 2.57. The van der Waals surface area contributed by atoms with Gasteiger partial charge in [-0.05, 0) is 54.7 Å². The van der Waals surface area contributed by atoms with Gasteiger partial charge in [-0.1, -0.05) is 87.4 Å². The van der Waals surface area contributed by atoms with E-state index < -0.39 is 47.9 Å². The molecule has 0 aliphatic heterocycles. The van der Waals surface area contributed by atoms with Crippen molar-refractivity contribution in [3.8, 4) is 0 Å². The van der Waals surface area contributed by atoms with Gasteiger partial charge in [0.1, 0.15) is 24.2 Å². The molecule has 5 atom stereocenters. The van der Waals surface area contributed by atoms with Crippen LogP contribution < -0.4 is 21.3 Å². The van der Waals surface area contributed by atoms with Gasteiger partial charge in [-0.2, -0.15) is 0 Å². The standard InChI is InChI=1S/C38H63N7O5/c1-21(2)29(39-11)34(46)42-30(22(3)4)37(49)45(13)33(25(9)10)36(48)43-31(23(5)6)38(50)44(12)32(24(7)8)35(47)40-19-18-26-20-41-28-17-15-14-16-27(26)28/h14-17,20-25,29-33,39,41H,18-19H2,1-13H3,(H,40,47)(H,42,46)(H,43,48)/t29-,30-,31-,32-,33-/m0/s1. The van der Waals surface area contributed by atoms with E-state index in [1.165, 1.54) is 9.80 Å². The van der Waals surface area contributed by atoms with Gasteiger partial charge in [0.2, 0.25) is 29.5 Å². The first-order valence-corrected chi connectivity index (χ1v) is 18.0. The third kappa shape index (κ3) is 10.5. The normalized spacial score (nSPS) is 14.8. The topological polar surface area (TPSA) is 156 Å². The van der Waals surface area contributed by atoms with Crippen LogP contribution in [0.3, 0.4) is 0 Å². The van der Waals surface area contributed by atoms with Gasteiger partial charge in [0.25, 0.3) is 0 Å². The van der Waals surface area contributed by atoms with E-state index in [2.05, 4.69) is 26.3 Å². The van der Waals surface area contributed by atoms with Gasteiger partial charge in [-0.15, -0.1) is 0 Å². The van der Waals surface area contributed by atoms with Crippen molar-refractivity contribution in [1.82, 2.24) is 36.1 Å². The smallest absolute Gasteiger partial charge is 0.245 e. The summed E-state index contributed by atoms with van der Waals surface area (Å²) in [6.45, 7) is 19.0. The minimum Gasteiger partial charge on any atom is -0.361 e. The second kappa shape index (κ2) is 18.9. The van der Waals surface area contributed by atoms with Crippen LogP contribution in [0.4, 0.5) is 0 Å². The van der Waals surface area contributed by atoms with Crippen LogP contribution in [0.2, 0.25) is 0 Å². The first kappa shape index (κ1) is 42.2. The lowest BCUT2D eigenvalue weighted by Crippen LogP contribution is -2.62. The van der Waals surface area contributed by atoms with E-state index in [0.29, 0.717) is 13.0 Å². The Kier molecular flexibility index (Phi) is 16.0. The molecule has 0 saturated heterocycles. The van der Waals surface area contributed by atoms with E-state index in [4.69, 9.17) is 0 Å². The van der Waals surface area contributed by atoms with Crippen molar-refractivity contribution < 1.29 is 24.0 Å². The Balaban J connectivity index is 2.20. The summed E-state index contributed by atoms with van der Waals surface area (Å²) in [6, 6.07) is 4.03. The van der Waals surface area contributed by atoms with Crippen LogP contribution in [0.1, 0.15) is 74.8 Å². The van der Waals surface area contributed by atoms with E-state index >= 15 is 0 Å². The molecule has 50 heavy (non-hydrogen) atoms. The molecule has 2 aromatic rings. The lowest BCUT2D eigenvalue weighted by atomic mass is 9.95. The van der Waals surface area contributed by atoms with Crippen LogP contribution >= 0.6 is 0 Å². The van der Waals surface area contributed by atoms with Crippen molar-refractivity contribution in [2.45, 2.75) is 106 Å². The van der Waals surface area contributed by atoms with E-state index in [-0.39, 0.29) is 41.4 Å². The molecule has 0 spiro atoms. The van der Waals surface area contributed by atoms with Gasteiger partial charge in [-0.3, -0.25) is 24.0 Å². The van der Waals surface area contributed by atoms with Crippen LogP contribution in [-0.4, -0.2) is 102 Å². The Hall–Kier alpha value is -3.93. The molecule has 0 fully saturated rings. The Labute approximate surface area is 299 Å². The van der Waals surface area contributed by atoms with E-state index in [1.807, 2.05) is 99.7 Å². The van der Waals surface area contributed by atoms with Crippen molar-refractivity contribution in [2.24, 2.45) is 29.6 Å². The summed E-state index contributed by atoms with van der Waals surface area (Å²) >= 11 is 0. The molecule has 0 radical (unpaired) electrons. The molecular weight excluding hydrogens is 634 g/mol. The van der Waals surface area contributed by atoms with Crippen LogP contribution in [0.15, 0.2) is 30.5 Å². The molecule has 0 aliphatic rings. The minimum atomic E-state index is -0.944. The molecule has 12 heteroatoms. The number of nitrogens with one attached hydrogen (secondary N) is 5. The molecule has 0 aliphatic carbocycles. The zero-order valence-electron chi connectivity index (χ0n) is 32.5. The number of fused-ring (bicyclic) bond motifs is 1. The maximum Gasteiger partial charge on any atom is 0.245 e. The van der Waals surface area contributed by atoms with Crippen LogP contribution in [-0.2, 0) is 30.4 Å². The number of aromatic amines is 1. The molecule has 5 N–H and O–H groups in total. The number of carbonyl (C=O) groups is 5. The van der Waals surface area contributed by atoms with Gasteiger partial charge < -0.3 is 36.1 Å². The summed E-state index contributed by atoms with van der Waals surface area (Å²) < 4.78 is 0. The highest BCUT2D eigenvalue weighted by Crippen LogP contribution is 2.20. The maximum absolute atomic E-state index is 14.0. The number of likely N-dealkylation sites (N-methyl/N-ethyl adjacent to an activating group) is 3. The Morgan fingerprint density at radius 3 is 1.56 bits per heavy atom. The minimum absolute atomic E-state index is 0.00476. The number of hydrogen-bond acceptors (Lipinski definition) is 6. The van der Waals surface area contributed by atoms with Gasteiger partial charge in [-0.25, -0.2) is 0 Å². The Bertz CT molecular complexity index is 1450. The molecule has 5 amide bonds. The fourth-order valence-corrected chi connectivity index (χ4v) is 6.60. The Morgan fingerprint density at radius 2 is 1.10 bits per heavy atom. The van der Waals surface area contributed by atoms with Crippen molar-refractivity contribution in [3.63, 3.8) is 0 Å². The molecule has 0 bridgehead atoms. The summed E-state index contributed by atoms with van der Waals surface area (Å²) in [4.78, 5) is 74.5. The zero-order chi connectivity index (χ0) is 38.0. The summed E-state index contributed by atoms with van der Waals surface area (Å²) in [5.74, 6) is -2.88. The number of nitrogens with zero attached hydrogens (tertiary/aromatic N) is 2. The van der Waals surface area contributed by atoms with Gasteiger partial charge in [0.05, 0.1) is 6.04 Å². The highest BCUT2D eigenvalue weighted by atomic mass is 16.2. The van der Waals surface area contributed by atoms with Crippen LogP contribution in [0.25, 0.3) is 10.9 Å². The van der Waals surface area contributed by atoms with Crippen molar-refractivity contribution >= 4 is 40.4 Å². The highest BCUT2D eigenvalue weighted by Gasteiger charge is 2.40. The largest absolute Gasteiger partial charge is 0.361 e. The third-order valence-corrected chi connectivity index (χ3v) is 9.42. The lowest BCUT2D eigenvalue weighted by molar-refractivity contribution is -0.147. The molecular formula is C38H63N7O5. The van der Waals surface area contributed by atoms with Gasteiger partial charge in [0, 0.05) is 37.7 Å². The molecule has 280 valence electrons. The number of amides is 5. The molecule has 1 aromatic carbocycles. The molecule has 2 rings (SSSR count). The van der Waals surface area contributed by atoms with E-state index in [1.54, 1.807) is 21.1 Å². The quantitative estimate of drug-likeness (QED) is 0.161. The number of hydrogen-bond donors (Lipinski definition) is 5. The summed E-state index contributed by atoms with van der Waals surface area (Å²) in [5, 5.41) is 12.9. The molecule has 0 saturated carbocycles. The molecule has 0 unspecified atom stereocenters. The molecule has 1 heterocycles. The fourth-order valence-electron chi connectivity index (χ4n) is 6.60.